The molecule has 1 N–H and O–H groups in total. The first-order chi connectivity index (χ1) is 9.92. The number of nitrogens with one attached hydrogen (secondary N) is 1. The van der Waals surface area contributed by atoms with E-state index in [0.717, 1.165) is 16.8 Å². The first-order valence-corrected chi connectivity index (χ1v) is 7.41. The molecule has 0 bridgehead atoms. The molecule has 2 aromatic rings. The van der Waals surface area contributed by atoms with Crippen molar-refractivity contribution in [3.05, 3.63) is 63.9 Å². The Balaban J connectivity index is 2.04. The zero-order valence-corrected chi connectivity index (χ0v) is 13.5. The van der Waals surface area contributed by atoms with Gasteiger partial charge < -0.3 is 5.32 Å². The van der Waals surface area contributed by atoms with Gasteiger partial charge in [-0.05, 0) is 65.2 Å². The highest BCUT2D eigenvalue weighted by molar-refractivity contribution is 9.10. The lowest BCUT2D eigenvalue weighted by atomic mass is 9.86. The van der Waals surface area contributed by atoms with Crippen LogP contribution in [0.1, 0.15) is 25.0 Å². The average molecular weight is 347 g/mol. The molecule has 4 heteroatoms. The van der Waals surface area contributed by atoms with Crippen LogP contribution in [0.25, 0.3) is 0 Å². The standard InChI is InChI=1S/C17H16BrFN2/c1-17(2,11-20)13-4-6-14(7-5-13)21-10-12-3-8-16(19)15(18)9-12/h3-9,21H,10H2,1-2H3. The molecule has 0 radical (unpaired) electrons. The first kappa shape index (κ1) is 15.5. The molecule has 0 saturated carbocycles. The maximum Gasteiger partial charge on any atom is 0.137 e. The third-order valence-corrected chi connectivity index (χ3v) is 3.97. The van der Waals surface area contributed by atoms with E-state index < -0.39 is 5.41 Å². The van der Waals surface area contributed by atoms with Gasteiger partial charge in [-0.15, -0.1) is 0 Å². The van der Waals surface area contributed by atoms with E-state index in [4.69, 9.17) is 5.26 Å². The van der Waals surface area contributed by atoms with E-state index >= 15 is 0 Å². The number of nitriles is 1. The van der Waals surface area contributed by atoms with Gasteiger partial charge in [0.25, 0.3) is 0 Å². The van der Waals surface area contributed by atoms with E-state index in [1.807, 2.05) is 38.1 Å². The number of nitrogens with zero attached hydrogens (tertiary/aromatic N) is 1. The highest BCUT2D eigenvalue weighted by Gasteiger charge is 2.18. The summed E-state index contributed by atoms with van der Waals surface area (Å²) in [5, 5.41) is 12.4. The smallest absolute Gasteiger partial charge is 0.137 e. The maximum atomic E-state index is 13.2. The Morgan fingerprint density at radius 1 is 1.19 bits per heavy atom. The Morgan fingerprint density at radius 3 is 2.43 bits per heavy atom. The summed E-state index contributed by atoms with van der Waals surface area (Å²) in [6.07, 6.45) is 0. The van der Waals surface area contributed by atoms with Crippen LogP contribution in [0, 0.1) is 17.1 Å². The predicted molar refractivity (Wildman–Crippen MR) is 86.5 cm³/mol. The summed E-state index contributed by atoms with van der Waals surface area (Å²) in [5.74, 6) is -0.262. The molecule has 0 amide bonds. The Bertz CT molecular complexity index is 672. The van der Waals surface area contributed by atoms with Crippen molar-refractivity contribution in [3.8, 4) is 6.07 Å². The monoisotopic (exact) mass is 346 g/mol. The van der Waals surface area contributed by atoms with Crippen LogP contribution in [0.2, 0.25) is 0 Å². The Hall–Kier alpha value is -1.86. The molecule has 2 aromatic carbocycles. The van der Waals surface area contributed by atoms with E-state index in [0.29, 0.717) is 11.0 Å². The number of anilines is 1. The molecule has 21 heavy (non-hydrogen) atoms. The quantitative estimate of drug-likeness (QED) is 0.845. The van der Waals surface area contributed by atoms with Crippen LogP contribution in [0.15, 0.2) is 46.9 Å². The third kappa shape index (κ3) is 3.83. The van der Waals surface area contributed by atoms with Gasteiger partial charge in [0.1, 0.15) is 5.82 Å². The highest BCUT2D eigenvalue weighted by atomic mass is 79.9. The van der Waals surface area contributed by atoms with Crippen LogP contribution >= 0.6 is 15.9 Å². The Labute approximate surface area is 132 Å². The largest absolute Gasteiger partial charge is 0.381 e. The molecular weight excluding hydrogens is 331 g/mol. The molecule has 0 fully saturated rings. The van der Waals surface area contributed by atoms with E-state index in [1.165, 1.54) is 6.07 Å². The summed E-state index contributed by atoms with van der Waals surface area (Å²) < 4.78 is 13.6. The van der Waals surface area contributed by atoms with Gasteiger partial charge in [0.2, 0.25) is 0 Å². The summed E-state index contributed by atoms with van der Waals surface area (Å²) in [5.41, 5.74) is 2.46. The van der Waals surface area contributed by atoms with E-state index in [9.17, 15) is 4.39 Å². The molecule has 2 nitrogen and oxygen atoms in total. The first-order valence-electron chi connectivity index (χ1n) is 6.62. The number of hydrogen-bond acceptors (Lipinski definition) is 2. The minimum Gasteiger partial charge on any atom is -0.381 e. The maximum absolute atomic E-state index is 13.2. The van der Waals surface area contributed by atoms with Crippen molar-refractivity contribution in [1.29, 1.82) is 5.26 Å². The lowest BCUT2D eigenvalue weighted by Gasteiger charge is -2.16. The SMILES string of the molecule is CC(C)(C#N)c1ccc(NCc2ccc(F)c(Br)c2)cc1. The van der Waals surface area contributed by atoms with Gasteiger partial charge in [0.05, 0.1) is 16.0 Å². The van der Waals surface area contributed by atoms with Crippen molar-refractivity contribution >= 4 is 21.6 Å². The second-order valence-corrected chi connectivity index (χ2v) is 6.27. The molecular formula is C17H16BrFN2. The summed E-state index contributed by atoms with van der Waals surface area (Å²) in [7, 11) is 0. The molecule has 0 heterocycles. The normalized spacial score (nSPS) is 11.0. The summed E-state index contributed by atoms with van der Waals surface area (Å²) in [6.45, 7) is 4.40. The van der Waals surface area contributed by atoms with Crippen molar-refractivity contribution in [1.82, 2.24) is 0 Å². The van der Waals surface area contributed by atoms with Gasteiger partial charge >= 0.3 is 0 Å². The fourth-order valence-corrected chi connectivity index (χ4v) is 2.35. The minimum atomic E-state index is -0.486. The second kappa shape index (κ2) is 6.28. The summed E-state index contributed by atoms with van der Waals surface area (Å²) in [4.78, 5) is 0. The number of rotatable bonds is 4. The fraction of sp³-hybridized carbons (Fsp3) is 0.235. The Kier molecular flexibility index (Phi) is 4.64. The van der Waals surface area contributed by atoms with Crippen LogP contribution in [0.4, 0.5) is 10.1 Å². The summed E-state index contributed by atoms with van der Waals surface area (Å²) in [6, 6.07) is 15.0. The predicted octanol–water partition coefficient (Wildman–Crippen LogP) is 5.00. The van der Waals surface area contributed by atoms with E-state index in [2.05, 4.69) is 27.3 Å². The highest BCUT2D eigenvalue weighted by Crippen LogP contribution is 2.24. The molecule has 0 aliphatic rings. The van der Waals surface area contributed by atoms with Crippen molar-refractivity contribution in [2.45, 2.75) is 25.8 Å². The molecule has 0 unspecified atom stereocenters. The molecule has 0 aliphatic carbocycles. The molecule has 0 aromatic heterocycles. The van der Waals surface area contributed by atoms with E-state index in [-0.39, 0.29) is 5.82 Å². The molecule has 0 saturated heterocycles. The average Bonchev–Trinajstić information content (AvgIpc) is 2.49. The van der Waals surface area contributed by atoms with Gasteiger partial charge in [0, 0.05) is 12.2 Å². The van der Waals surface area contributed by atoms with Gasteiger partial charge in [-0.2, -0.15) is 5.26 Å². The lowest BCUT2D eigenvalue weighted by molar-refractivity contribution is 0.620. The topological polar surface area (TPSA) is 35.8 Å². The number of benzene rings is 2. The van der Waals surface area contributed by atoms with Crippen molar-refractivity contribution in [2.75, 3.05) is 5.32 Å². The van der Waals surface area contributed by atoms with Crippen LogP contribution < -0.4 is 5.32 Å². The molecule has 2 rings (SSSR count). The second-order valence-electron chi connectivity index (χ2n) is 5.42. The molecule has 0 atom stereocenters. The zero-order chi connectivity index (χ0) is 15.5. The van der Waals surface area contributed by atoms with Crippen molar-refractivity contribution in [2.24, 2.45) is 0 Å². The van der Waals surface area contributed by atoms with Gasteiger partial charge in [0.15, 0.2) is 0 Å². The summed E-state index contributed by atoms with van der Waals surface area (Å²) >= 11 is 3.18. The molecule has 108 valence electrons. The van der Waals surface area contributed by atoms with Gasteiger partial charge in [-0.1, -0.05) is 18.2 Å². The fourth-order valence-electron chi connectivity index (χ4n) is 1.92. The van der Waals surface area contributed by atoms with E-state index in [1.54, 1.807) is 12.1 Å². The Morgan fingerprint density at radius 2 is 1.86 bits per heavy atom. The number of halogens is 2. The lowest BCUT2D eigenvalue weighted by Crippen LogP contribution is -2.13. The zero-order valence-electron chi connectivity index (χ0n) is 12.0. The van der Waals surface area contributed by atoms with Crippen LogP contribution in [-0.2, 0) is 12.0 Å². The molecule has 0 aliphatic heterocycles. The number of hydrogen-bond donors (Lipinski definition) is 1. The third-order valence-electron chi connectivity index (χ3n) is 3.37. The van der Waals surface area contributed by atoms with Crippen LogP contribution in [0.3, 0.4) is 0 Å². The molecule has 0 spiro atoms. The van der Waals surface area contributed by atoms with Gasteiger partial charge in [-0.3, -0.25) is 0 Å². The van der Waals surface area contributed by atoms with Crippen molar-refractivity contribution < 1.29 is 4.39 Å². The minimum absolute atomic E-state index is 0.262. The van der Waals surface area contributed by atoms with Crippen molar-refractivity contribution in [3.63, 3.8) is 0 Å². The van der Waals surface area contributed by atoms with Crippen LogP contribution in [-0.4, -0.2) is 0 Å². The van der Waals surface area contributed by atoms with Gasteiger partial charge in [-0.25, -0.2) is 4.39 Å². The van der Waals surface area contributed by atoms with Crippen LogP contribution in [0.5, 0.6) is 0 Å².